The fourth-order valence-electron chi connectivity index (χ4n) is 2.98. The molecular weight excluding hydrogens is 292 g/mol. The second-order valence-corrected chi connectivity index (χ2v) is 6.19. The largest absolute Gasteiger partial charge is 0.326 e. The number of rotatable bonds is 2. The molecule has 0 N–H and O–H groups in total. The summed E-state index contributed by atoms with van der Waals surface area (Å²) in [7, 11) is 0. The van der Waals surface area contributed by atoms with E-state index in [1.54, 1.807) is 0 Å². The molecule has 2 aromatic carbocycles. The van der Waals surface area contributed by atoms with Crippen LogP contribution in [0.5, 0.6) is 0 Å². The van der Waals surface area contributed by atoms with E-state index < -0.39 is 0 Å². The van der Waals surface area contributed by atoms with Gasteiger partial charge in [0, 0.05) is 11.9 Å². The van der Waals surface area contributed by atoms with Gasteiger partial charge in [0.1, 0.15) is 11.2 Å². The van der Waals surface area contributed by atoms with E-state index in [2.05, 4.69) is 50.2 Å². The van der Waals surface area contributed by atoms with Crippen molar-refractivity contribution in [3.8, 4) is 6.07 Å². The Hall–Kier alpha value is -2.24. The summed E-state index contributed by atoms with van der Waals surface area (Å²) in [5, 5.41) is 10.9. The summed E-state index contributed by atoms with van der Waals surface area (Å²) in [6.07, 6.45) is 0. The lowest BCUT2D eigenvalue weighted by atomic mass is 10.1. The van der Waals surface area contributed by atoms with Crippen LogP contribution in [0.3, 0.4) is 0 Å². The topological polar surface area (TPSA) is 28.7 Å². The Morgan fingerprint density at radius 2 is 1.73 bits per heavy atom. The molecule has 0 radical (unpaired) electrons. The lowest BCUT2D eigenvalue weighted by molar-refractivity contribution is 0.833. The van der Waals surface area contributed by atoms with E-state index >= 15 is 0 Å². The minimum atomic E-state index is 0.520. The van der Waals surface area contributed by atoms with Crippen molar-refractivity contribution in [2.75, 3.05) is 0 Å². The van der Waals surface area contributed by atoms with Crippen molar-refractivity contribution in [1.29, 1.82) is 5.26 Å². The summed E-state index contributed by atoms with van der Waals surface area (Å²) in [5.41, 5.74) is 6.31. The Bertz CT molecular complexity index is 896. The number of hydrogen-bond acceptors (Lipinski definition) is 1. The smallest absolute Gasteiger partial charge is 0.128 e. The molecule has 0 aliphatic heterocycles. The van der Waals surface area contributed by atoms with Crippen LogP contribution < -0.4 is 0 Å². The van der Waals surface area contributed by atoms with E-state index in [9.17, 15) is 5.26 Å². The highest BCUT2D eigenvalue weighted by atomic mass is 35.5. The van der Waals surface area contributed by atoms with Gasteiger partial charge in [-0.1, -0.05) is 53.1 Å². The lowest BCUT2D eigenvalue weighted by Crippen LogP contribution is -2.01. The Morgan fingerprint density at radius 3 is 2.36 bits per heavy atom. The number of nitriles is 1. The third-order valence-electron chi connectivity index (χ3n) is 4.00. The molecule has 3 aromatic rings. The average molecular weight is 309 g/mol. The molecule has 2 nitrogen and oxygen atoms in total. The second-order valence-electron chi connectivity index (χ2n) is 5.83. The lowest BCUT2D eigenvalue weighted by Gasteiger charge is -2.10. The van der Waals surface area contributed by atoms with Crippen LogP contribution in [0.4, 0.5) is 0 Å². The van der Waals surface area contributed by atoms with Crippen LogP contribution in [0.25, 0.3) is 10.9 Å². The first-order chi connectivity index (χ1) is 10.5. The number of aromatic nitrogens is 1. The maximum absolute atomic E-state index is 9.47. The molecule has 0 amide bonds. The third kappa shape index (κ3) is 2.38. The van der Waals surface area contributed by atoms with E-state index in [4.69, 9.17) is 11.6 Å². The maximum Gasteiger partial charge on any atom is 0.128 e. The van der Waals surface area contributed by atoms with Gasteiger partial charge in [0.25, 0.3) is 0 Å². The SMILES string of the molecule is Cc1ccc(Cn2c(Cl)c(C#N)c3cc(C)cc(C)c32)cc1. The fourth-order valence-corrected chi connectivity index (χ4v) is 3.27. The Labute approximate surface area is 135 Å². The molecule has 110 valence electrons. The van der Waals surface area contributed by atoms with E-state index in [0.29, 0.717) is 17.3 Å². The molecule has 1 heterocycles. The third-order valence-corrected chi connectivity index (χ3v) is 4.39. The maximum atomic E-state index is 9.47. The first-order valence-corrected chi connectivity index (χ1v) is 7.63. The van der Waals surface area contributed by atoms with E-state index in [-0.39, 0.29) is 0 Å². The number of aryl methyl sites for hydroxylation is 3. The molecule has 22 heavy (non-hydrogen) atoms. The van der Waals surface area contributed by atoms with Crippen LogP contribution in [0.15, 0.2) is 36.4 Å². The van der Waals surface area contributed by atoms with Crippen LogP contribution in [0.2, 0.25) is 5.15 Å². The predicted molar refractivity (Wildman–Crippen MR) is 91.4 cm³/mol. The van der Waals surface area contributed by atoms with Crippen molar-refractivity contribution in [3.05, 3.63) is 69.4 Å². The van der Waals surface area contributed by atoms with Crippen LogP contribution in [-0.2, 0) is 6.54 Å². The van der Waals surface area contributed by atoms with Gasteiger partial charge in [-0.2, -0.15) is 5.26 Å². The molecule has 0 aliphatic rings. The molecule has 0 aliphatic carbocycles. The van der Waals surface area contributed by atoms with Crippen molar-refractivity contribution < 1.29 is 0 Å². The first-order valence-electron chi connectivity index (χ1n) is 7.26. The number of hydrogen-bond donors (Lipinski definition) is 0. The monoisotopic (exact) mass is 308 g/mol. The Morgan fingerprint density at radius 1 is 1.05 bits per heavy atom. The van der Waals surface area contributed by atoms with Crippen molar-refractivity contribution in [1.82, 2.24) is 4.57 Å². The first kappa shape index (κ1) is 14.7. The van der Waals surface area contributed by atoms with E-state index in [1.165, 1.54) is 11.1 Å². The summed E-state index contributed by atoms with van der Waals surface area (Å²) >= 11 is 6.50. The van der Waals surface area contributed by atoms with Gasteiger partial charge in [-0.05, 0) is 38.0 Å². The normalized spacial score (nSPS) is 10.9. The molecule has 0 saturated carbocycles. The van der Waals surface area contributed by atoms with Gasteiger partial charge >= 0.3 is 0 Å². The van der Waals surface area contributed by atoms with Gasteiger partial charge in [-0.15, -0.1) is 0 Å². The van der Waals surface area contributed by atoms with Gasteiger partial charge in [-0.3, -0.25) is 0 Å². The average Bonchev–Trinajstić information content (AvgIpc) is 2.73. The Kier molecular flexibility index (Phi) is 3.68. The quantitative estimate of drug-likeness (QED) is 0.644. The molecule has 0 saturated heterocycles. The zero-order chi connectivity index (χ0) is 15.9. The zero-order valence-electron chi connectivity index (χ0n) is 12.9. The number of fused-ring (bicyclic) bond motifs is 1. The molecule has 0 spiro atoms. The number of halogens is 1. The van der Waals surface area contributed by atoms with E-state index in [0.717, 1.165) is 22.0 Å². The van der Waals surface area contributed by atoms with Crippen molar-refractivity contribution in [3.63, 3.8) is 0 Å². The van der Waals surface area contributed by atoms with Crippen LogP contribution in [-0.4, -0.2) is 4.57 Å². The molecule has 3 heteroatoms. The predicted octanol–water partition coefficient (Wildman–Crippen LogP) is 5.14. The van der Waals surface area contributed by atoms with Crippen molar-refractivity contribution in [2.45, 2.75) is 27.3 Å². The number of benzene rings is 2. The standard InChI is InChI=1S/C19H17ClN2/c1-12-4-6-15(7-5-12)11-22-18-14(3)8-13(2)9-16(18)17(10-21)19(22)20/h4-9H,11H2,1-3H3. The number of nitrogens with zero attached hydrogens (tertiary/aromatic N) is 2. The summed E-state index contributed by atoms with van der Waals surface area (Å²) < 4.78 is 2.04. The molecular formula is C19H17ClN2. The van der Waals surface area contributed by atoms with Crippen LogP contribution >= 0.6 is 11.6 Å². The molecule has 3 rings (SSSR count). The Balaban J connectivity index is 2.23. The molecule has 0 fully saturated rings. The molecule has 0 unspecified atom stereocenters. The fraction of sp³-hybridized carbons (Fsp3) is 0.211. The summed E-state index contributed by atoms with van der Waals surface area (Å²) in [4.78, 5) is 0. The van der Waals surface area contributed by atoms with Gasteiger partial charge in [0.05, 0.1) is 11.1 Å². The molecule has 1 aromatic heterocycles. The van der Waals surface area contributed by atoms with Gasteiger partial charge in [-0.25, -0.2) is 0 Å². The highest BCUT2D eigenvalue weighted by molar-refractivity contribution is 6.32. The van der Waals surface area contributed by atoms with Crippen molar-refractivity contribution in [2.24, 2.45) is 0 Å². The zero-order valence-corrected chi connectivity index (χ0v) is 13.7. The van der Waals surface area contributed by atoms with Gasteiger partial charge < -0.3 is 4.57 Å². The summed E-state index contributed by atoms with van der Waals surface area (Å²) in [5.74, 6) is 0. The second kappa shape index (κ2) is 5.51. The van der Waals surface area contributed by atoms with Crippen LogP contribution in [0.1, 0.15) is 27.8 Å². The van der Waals surface area contributed by atoms with Crippen LogP contribution in [0, 0.1) is 32.1 Å². The minimum Gasteiger partial charge on any atom is -0.326 e. The summed E-state index contributed by atoms with van der Waals surface area (Å²) in [6, 6.07) is 14.8. The van der Waals surface area contributed by atoms with Crippen molar-refractivity contribution >= 4 is 22.5 Å². The molecule has 0 bridgehead atoms. The highest BCUT2D eigenvalue weighted by Crippen LogP contribution is 2.33. The van der Waals surface area contributed by atoms with E-state index in [1.807, 2.05) is 17.6 Å². The highest BCUT2D eigenvalue weighted by Gasteiger charge is 2.17. The molecule has 0 atom stereocenters. The summed E-state index contributed by atoms with van der Waals surface area (Å²) in [6.45, 7) is 6.85. The van der Waals surface area contributed by atoms with Gasteiger partial charge in [0.2, 0.25) is 0 Å². The minimum absolute atomic E-state index is 0.520. The van der Waals surface area contributed by atoms with Gasteiger partial charge in [0.15, 0.2) is 0 Å².